The van der Waals surface area contributed by atoms with Gasteiger partial charge in [-0.05, 0) is 65.5 Å². The topological polar surface area (TPSA) is 3.88 Å². The van der Waals surface area contributed by atoms with Gasteiger partial charge in [0.2, 0.25) is 5.69 Å². The summed E-state index contributed by atoms with van der Waals surface area (Å²) < 4.78 is 11.0. The molecule has 0 aliphatic heterocycles. The molecule has 0 atom stereocenters. The molecule has 0 fully saturated rings. The Morgan fingerprint density at radius 1 is 0.867 bits per heavy atom. The third-order valence-electron chi connectivity index (χ3n) is 6.50. The molecule has 3 aromatic carbocycles. The van der Waals surface area contributed by atoms with Crippen LogP contribution in [0.3, 0.4) is 0 Å². The van der Waals surface area contributed by atoms with Gasteiger partial charge in [-0.25, -0.2) is 0 Å². The summed E-state index contributed by atoms with van der Waals surface area (Å²) in [4.78, 5) is 0. The van der Waals surface area contributed by atoms with E-state index in [9.17, 15) is 0 Å². The first-order valence-electron chi connectivity index (χ1n) is 11.6. The van der Waals surface area contributed by atoms with Crippen LogP contribution in [0, 0.1) is 13.8 Å². The Labute approximate surface area is 182 Å². The molecule has 0 spiro atoms. The fraction of sp³-hybridized carbons (Fsp3) is 0.276. The molecule has 30 heavy (non-hydrogen) atoms. The summed E-state index contributed by atoms with van der Waals surface area (Å²) in [6.07, 6.45) is 2.25. The van der Waals surface area contributed by atoms with Crippen molar-refractivity contribution in [2.75, 3.05) is 0 Å². The minimum Gasteiger partial charge on any atom is -0.198 e. The van der Waals surface area contributed by atoms with Gasteiger partial charge in [0.25, 0.3) is 0 Å². The van der Waals surface area contributed by atoms with Crippen LogP contribution in [0.15, 0.2) is 72.8 Å². The molecule has 1 heterocycles. The summed E-state index contributed by atoms with van der Waals surface area (Å²) in [5.41, 5.74) is 8.48. The molecule has 0 bridgehead atoms. The maximum absolute atomic E-state index is 8.82. The first-order chi connectivity index (χ1) is 15.0. The Kier molecular flexibility index (Phi) is 5.36. The number of fused-ring (bicyclic) bond motifs is 1. The van der Waals surface area contributed by atoms with Crippen molar-refractivity contribution in [3.63, 3.8) is 0 Å². The molecule has 1 aromatic heterocycles. The highest BCUT2D eigenvalue weighted by Gasteiger charge is 2.21. The lowest BCUT2D eigenvalue weighted by Crippen LogP contribution is -2.35. The second-order valence-electron chi connectivity index (χ2n) is 8.33. The molecular formula is C29H32N+. The molecule has 0 aliphatic rings. The zero-order chi connectivity index (χ0) is 22.1. The number of nitrogens with zero attached hydrogens (tertiary/aromatic N) is 1. The molecule has 1 nitrogen and oxygen atoms in total. The molecule has 0 saturated carbocycles. The van der Waals surface area contributed by atoms with E-state index in [4.69, 9.17) is 1.37 Å². The summed E-state index contributed by atoms with van der Waals surface area (Å²) in [5.74, 6) is 0.549. The van der Waals surface area contributed by atoms with E-state index < -0.39 is 0 Å². The number of rotatable bonds is 5. The van der Waals surface area contributed by atoms with Crippen LogP contribution < -0.4 is 4.57 Å². The number of hydrogen-bond acceptors (Lipinski definition) is 0. The monoisotopic (exact) mass is 395 g/mol. The molecule has 0 N–H and O–H groups in total. The Hall–Kier alpha value is -2.93. The Bertz CT molecular complexity index is 1240. The summed E-state index contributed by atoms with van der Waals surface area (Å²) in [6.45, 7) is 8.75. The van der Waals surface area contributed by atoms with Gasteiger partial charge in [0, 0.05) is 18.5 Å². The average molecular weight is 396 g/mol. The standard InChI is InChI=1S/C29H32N/c1-6-22(7-2)25-14-16-28-26(19-25)18-21(4)30(5)29(28)27-15-13-24(17-20(27)3)23-11-9-8-10-12-23/h8-19,22H,6-7H2,1-5H3/q+1/i18D. The highest BCUT2D eigenvalue weighted by Crippen LogP contribution is 2.33. The van der Waals surface area contributed by atoms with Crippen LogP contribution in [-0.2, 0) is 7.05 Å². The van der Waals surface area contributed by atoms with E-state index in [1.54, 1.807) is 0 Å². The van der Waals surface area contributed by atoms with Gasteiger partial charge >= 0.3 is 0 Å². The minimum absolute atomic E-state index is 0.549. The van der Waals surface area contributed by atoms with E-state index in [1.165, 1.54) is 33.5 Å². The lowest BCUT2D eigenvalue weighted by molar-refractivity contribution is -0.665. The number of aryl methyl sites for hydroxylation is 1. The van der Waals surface area contributed by atoms with Crippen LogP contribution in [0.2, 0.25) is 0 Å². The quantitative estimate of drug-likeness (QED) is 0.308. The van der Waals surface area contributed by atoms with E-state index >= 15 is 0 Å². The fourth-order valence-corrected chi connectivity index (χ4v) is 4.58. The number of aromatic nitrogens is 1. The van der Waals surface area contributed by atoms with Crippen molar-refractivity contribution in [3.05, 3.63) is 89.6 Å². The molecule has 0 amide bonds. The van der Waals surface area contributed by atoms with E-state index in [0.717, 1.165) is 29.3 Å². The lowest BCUT2D eigenvalue weighted by atomic mass is 9.90. The van der Waals surface area contributed by atoms with Crippen molar-refractivity contribution < 1.29 is 5.94 Å². The van der Waals surface area contributed by atoms with Gasteiger partial charge in [-0.2, -0.15) is 4.57 Å². The molecule has 0 unspecified atom stereocenters. The highest BCUT2D eigenvalue weighted by molar-refractivity contribution is 5.94. The van der Waals surface area contributed by atoms with Crippen molar-refractivity contribution in [1.82, 2.24) is 0 Å². The predicted molar refractivity (Wildman–Crippen MR) is 129 cm³/mol. The van der Waals surface area contributed by atoms with Crippen LogP contribution in [-0.4, -0.2) is 0 Å². The van der Waals surface area contributed by atoms with Gasteiger partial charge in [-0.3, -0.25) is 0 Å². The van der Waals surface area contributed by atoms with Gasteiger partial charge < -0.3 is 0 Å². The molecule has 4 aromatic rings. The zero-order valence-electron chi connectivity index (χ0n) is 19.8. The zero-order valence-corrected chi connectivity index (χ0v) is 18.8. The van der Waals surface area contributed by atoms with Gasteiger partial charge in [0.15, 0.2) is 5.69 Å². The third kappa shape index (κ3) is 3.65. The van der Waals surface area contributed by atoms with Gasteiger partial charge in [-0.1, -0.05) is 68.4 Å². The maximum Gasteiger partial charge on any atom is 0.220 e. The van der Waals surface area contributed by atoms with Gasteiger partial charge in [-0.15, -0.1) is 0 Å². The van der Waals surface area contributed by atoms with E-state index in [-0.39, 0.29) is 0 Å². The van der Waals surface area contributed by atoms with Crippen molar-refractivity contribution in [2.24, 2.45) is 7.05 Å². The van der Waals surface area contributed by atoms with E-state index in [1.807, 2.05) is 0 Å². The van der Waals surface area contributed by atoms with Crippen molar-refractivity contribution in [2.45, 2.75) is 46.5 Å². The molecule has 1 heteroatoms. The van der Waals surface area contributed by atoms with Crippen LogP contribution in [0.5, 0.6) is 0 Å². The smallest absolute Gasteiger partial charge is 0.198 e. The highest BCUT2D eigenvalue weighted by atomic mass is 14.9. The largest absolute Gasteiger partial charge is 0.220 e. The van der Waals surface area contributed by atoms with Gasteiger partial charge in [0.1, 0.15) is 7.05 Å². The molecular weight excluding hydrogens is 362 g/mol. The van der Waals surface area contributed by atoms with Crippen molar-refractivity contribution in [3.8, 4) is 22.4 Å². The number of benzene rings is 3. The molecule has 0 aliphatic carbocycles. The van der Waals surface area contributed by atoms with E-state index in [2.05, 4.69) is 106 Å². The first-order valence-corrected chi connectivity index (χ1v) is 11.1. The second kappa shape index (κ2) is 8.44. The summed E-state index contributed by atoms with van der Waals surface area (Å²) in [6, 6.07) is 24.7. The maximum atomic E-state index is 8.82. The lowest BCUT2D eigenvalue weighted by Gasteiger charge is -2.15. The Morgan fingerprint density at radius 2 is 1.60 bits per heavy atom. The number of hydrogen-bond donors (Lipinski definition) is 0. The molecule has 0 radical (unpaired) electrons. The molecule has 152 valence electrons. The normalized spacial score (nSPS) is 11.9. The Balaban J connectivity index is 1.93. The average Bonchev–Trinajstić information content (AvgIpc) is 2.80. The van der Waals surface area contributed by atoms with Crippen LogP contribution in [0.4, 0.5) is 0 Å². The predicted octanol–water partition coefficient (Wildman–Crippen LogP) is 7.52. The third-order valence-corrected chi connectivity index (χ3v) is 6.50. The van der Waals surface area contributed by atoms with Gasteiger partial charge in [0.05, 0.1) is 6.76 Å². The molecule has 4 rings (SSSR count). The second-order valence-corrected chi connectivity index (χ2v) is 8.33. The van der Waals surface area contributed by atoms with Crippen molar-refractivity contribution >= 4 is 10.8 Å². The summed E-state index contributed by atoms with van der Waals surface area (Å²) in [5, 5.41) is 2.21. The fourth-order valence-electron chi connectivity index (χ4n) is 4.58. The SMILES string of the molecule is [2H]c1c(C)[n+](C)c(-c2ccc(-c3ccccc3)cc2C)c2ccc(C(CC)CC)cc12. The number of pyridine rings is 1. The van der Waals surface area contributed by atoms with Crippen LogP contribution in [0.1, 0.15) is 50.8 Å². The molecule has 0 saturated heterocycles. The van der Waals surface area contributed by atoms with Crippen LogP contribution >= 0.6 is 0 Å². The van der Waals surface area contributed by atoms with E-state index in [0.29, 0.717) is 12.0 Å². The first kappa shape index (κ1) is 19.1. The Morgan fingerprint density at radius 3 is 2.27 bits per heavy atom. The minimum atomic E-state index is 0.549. The van der Waals surface area contributed by atoms with Crippen molar-refractivity contribution in [1.29, 1.82) is 0 Å². The summed E-state index contributed by atoms with van der Waals surface area (Å²) >= 11 is 0. The summed E-state index contributed by atoms with van der Waals surface area (Å²) in [7, 11) is 2.08. The van der Waals surface area contributed by atoms with Crippen LogP contribution in [0.25, 0.3) is 33.2 Å².